The molecule has 1 aromatic heterocycles. The van der Waals surface area contributed by atoms with Crippen LogP contribution in [0.2, 0.25) is 0 Å². The number of nitrogens with two attached hydrogens (primary N) is 1. The van der Waals surface area contributed by atoms with Crippen molar-refractivity contribution in [1.29, 1.82) is 0 Å². The Kier molecular flexibility index (Phi) is 3.86. The number of hydrogen-bond acceptors (Lipinski definition) is 4. The number of hydrogen-bond donors (Lipinski definition) is 3. The van der Waals surface area contributed by atoms with E-state index < -0.39 is 0 Å². The number of rotatable bonds is 5. The van der Waals surface area contributed by atoms with Crippen molar-refractivity contribution in [2.24, 2.45) is 11.7 Å². The fourth-order valence-corrected chi connectivity index (χ4v) is 3.91. The molecule has 0 unspecified atom stereocenters. The van der Waals surface area contributed by atoms with Crippen molar-refractivity contribution in [3.05, 3.63) is 11.9 Å². The summed E-state index contributed by atoms with van der Waals surface area (Å²) in [5, 5.41) is 18.3. The van der Waals surface area contributed by atoms with E-state index in [1.807, 2.05) is 0 Å². The van der Waals surface area contributed by atoms with Crippen LogP contribution >= 0.6 is 0 Å². The van der Waals surface area contributed by atoms with Gasteiger partial charge in [-0.1, -0.05) is 0 Å². The van der Waals surface area contributed by atoms with Crippen LogP contribution in [0, 0.1) is 5.92 Å². The largest absolute Gasteiger partial charge is 0.393 e. The lowest BCUT2D eigenvalue weighted by Crippen LogP contribution is -2.32. The van der Waals surface area contributed by atoms with Gasteiger partial charge >= 0.3 is 0 Å². The van der Waals surface area contributed by atoms with E-state index >= 15 is 0 Å². The second-order valence-corrected chi connectivity index (χ2v) is 7.56. The van der Waals surface area contributed by atoms with Crippen molar-refractivity contribution in [1.82, 2.24) is 9.78 Å². The van der Waals surface area contributed by atoms with E-state index in [9.17, 15) is 5.11 Å². The molecule has 3 fully saturated rings. The van der Waals surface area contributed by atoms with E-state index in [4.69, 9.17) is 10.8 Å². The van der Waals surface area contributed by atoms with Crippen LogP contribution in [-0.4, -0.2) is 33.6 Å². The van der Waals surface area contributed by atoms with E-state index in [2.05, 4.69) is 16.2 Å². The Morgan fingerprint density at radius 3 is 2.55 bits per heavy atom. The summed E-state index contributed by atoms with van der Waals surface area (Å²) in [5.41, 5.74) is 8.27. The van der Waals surface area contributed by atoms with Crippen molar-refractivity contribution in [3.63, 3.8) is 0 Å². The van der Waals surface area contributed by atoms with Gasteiger partial charge in [0.1, 0.15) is 0 Å². The molecule has 0 bridgehead atoms. The molecule has 4 rings (SSSR count). The summed E-state index contributed by atoms with van der Waals surface area (Å²) in [4.78, 5) is 0. The smallest absolute Gasteiger partial charge is 0.0886 e. The minimum absolute atomic E-state index is 0.0909. The topological polar surface area (TPSA) is 76.1 Å². The highest BCUT2D eigenvalue weighted by atomic mass is 16.3. The van der Waals surface area contributed by atoms with Gasteiger partial charge in [-0.05, 0) is 63.8 Å². The molecule has 0 radical (unpaired) electrons. The molecule has 3 aliphatic rings. The highest BCUT2D eigenvalue weighted by Crippen LogP contribution is 2.45. The molecule has 5 heteroatoms. The number of anilines is 1. The molecule has 122 valence electrons. The van der Waals surface area contributed by atoms with Gasteiger partial charge in [0.25, 0.3) is 0 Å². The zero-order chi connectivity index (χ0) is 15.1. The van der Waals surface area contributed by atoms with Crippen LogP contribution in [0.4, 0.5) is 5.69 Å². The maximum absolute atomic E-state index is 9.66. The molecule has 0 spiro atoms. The lowest BCUT2D eigenvalue weighted by atomic mass is 9.80. The predicted molar refractivity (Wildman–Crippen MR) is 86.9 cm³/mol. The zero-order valence-corrected chi connectivity index (χ0v) is 13.2. The van der Waals surface area contributed by atoms with Gasteiger partial charge < -0.3 is 16.2 Å². The fraction of sp³-hybridized carbons (Fsp3) is 0.824. The summed E-state index contributed by atoms with van der Waals surface area (Å²) in [6.45, 7) is 0.808. The maximum Gasteiger partial charge on any atom is 0.0886 e. The van der Waals surface area contributed by atoms with Crippen LogP contribution in [0.25, 0.3) is 0 Å². The maximum atomic E-state index is 9.66. The minimum atomic E-state index is -0.0909. The van der Waals surface area contributed by atoms with Gasteiger partial charge in [0, 0.05) is 18.2 Å². The summed E-state index contributed by atoms with van der Waals surface area (Å²) in [7, 11) is 0. The van der Waals surface area contributed by atoms with Gasteiger partial charge in [0.15, 0.2) is 0 Å². The quantitative estimate of drug-likeness (QED) is 0.780. The van der Waals surface area contributed by atoms with E-state index in [0.717, 1.165) is 32.2 Å². The number of aliphatic hydroxyl groups excluding tert-OH is 1. The summed E-state index contributed by atoms with van der Waals surface area (Å²) in [5.74, 6) is 1.36. The zero-order valence-electron chi connectivity index (χ0n) is 13.2. The minimum Gasteiger partial charge on any atom is -0.393 e. The van der Waals surface area contributed by atoms with Gasteiger partial charge in [-0.15, -0.1) is 0 Å². The van der Waals surface area contributed by atoms with Crippen LogP contribution in [0.15, 0.2) is 6.20 Å². The van der Waals surface area contributed by atoms with Gasteiger partial charge in [-0.3, -0.25) is 4.68 Å². The van der Waals surface area contributed by atoms with Crippen LogP contribution in [0.3, 0.4) is 0 Å². The Labute approximate surface area is 132 Å². The number of nitrogens with one attached hydrogen (secondary N) is 1. The van der Waals surface area contributed by atoms with Crippen LogP contribution in [-0.2, 0) is 0 Å². The van der Waals surface area contributed by atoms with Gasteiger partial charge in [0.05, 0.1) is 23.5 Å². The standard InChI is InChI=1S/C17H28N4O/c18-9-11-7-14(8-11)21-10-16(17(20-21)12-1-2-12)19-13-3-5-15(22)6-4-13/h10-15,19,22H,1-9,18H2. The fourth-order valence-electron chi connectivity index (χ4n) is 3.91. The molecule has 0 aliphatic heterocycles. The summed E-state index contributed by atoms with van der Waals surface area (Å²) in [6, 6.07) is 1.05. The average molecular weight is 304 g/mol. The van der Waals surface area contributed by atoms with Gasteiger partial charge in [0.2, 0.25) is 0 Å². The molecule has 4 N–H and O–H groups in total. The van der Waals surface area contributed by atoms with Crippen molar-refractivity contribution < 1.29 is 5.11 Å². The predicted octanol–water partition coefficient (Wildman–Crippen LogP) is 2.39. The van der Waals surface area contributed by atoms with Crippen molar-refractivity contribution in [2.45, 2.75) is 75.5 Å². The van der Waals surface area contributed by atoms with Crippen LogP contribution in [0.5, 0.6) is 0 Å². The first-order chi connectivity index (χ1) is 10.7. The molecular weight excluding hydrogens is 276 g/mol. The molecule has 3 aliphatic carbocycles. The molecule has 0 saturated heterocycles. The molecule has 5 nitrogen and oxygen atoms in total. The molecular formula is C17H28N4O. The Hall–Kier alpha value is -1.07. The highest BCUT2D eigenvalue weighted by molar-refractivity contribution is 5.50. The van der Waals surface area contributed by atoms with Gasteiger partial charge in [-0.2, -0.15) is 5.10 Å². The Morgan fingerprint density at radius 2 is 1.91 bits per heavy atom. The first kappa shape index (κ1) is 14.5. The Morgan fingerprint density at radius 1 is 1.18 bits per heavy atom. The summed E-state index contributed by atoms with van der Waals surface area (Å²) < 4.78 is 2.19. The van der Waals surface area contributed by atoms with Crippen molar-refractivity contribution >= 4 is 5.69 Å². The third-order valence-electron chi connectivity index (χ3n) is 5.70. The molecule has 0 atom stereocenters. The summed E-state index contributed by atoms with van der Waals surface area (Å²) >= 11 is 0. The normalized spacial score (nSPS) is 35.2. The first-order valence-electron chi connectivity index (χ1n) is 8.96. The SMILES string of the molecule is NCC1CC(n2cc(NC3CCC(O)CC3)c(C3CC3)n2)C1. The molecule has 3 saturated carbocycles. The van der Waals surface area contributed by atoms with Crippen LogP contribution < -0.4 is 11.1 Å². The first-order valence-corrected chi connectivity index (χ1v) is 8.96. The lowest BCUT2D eigenvalue weighted by Gasteiger charge is -2.34. The third-order valence-corrected chi connectivity index (χ3v) is 5.70. The molecule has 0 amide bonds. The second kappa shape index (κ2) is 5.85. The molecule has 22 heavy (non-hydrogen) atoms. The van der Waals surface area contributed by atoms with E-state index in [1.165, 1.54) is 37.1 Å². The molecule has 1 aromatic rings. The Balaban J connectivity index is 1.45. The molecule has 0 aromatic carbocycles. The highest BCUT2D eigenvalue weighted by Gasteiger charge is 2.34. The Bertz CT molecular complexity index is 511. The molecule has 1 heterocycles. The number of aromatic nitrogens is 2. The van der Waals surface area contributed by atoms with Crippen molar-refractivity contribution in [2.75, 3.05) is 11.9 Å². The van der Waals surface area contributed by atoms with E-state index in [-0.39, 0.29) is 6.10 Å². The second-order valence-electron chi connectivity index (χ2n) is 7.56. The lowest BCUT2D eigenvalue weighted by molar-refractivity contribution is 0.126. The average Bonchev–Trinajstić information content (AvgIpc) is 3.23. The third kappa shape index (κ3) is 2.88. The number of nitrogens with zero attached hydrogens (tertiary/aromatic N) is 2. The van der Waals surface area contributed by atoms with E-state index in [0.29, 0.717) is 23.9 Å². The van der Waals surface area contributed by atoms with E-state index in [1.54, 1.807) is 0 Å². The van der Waals surface area contributed by atoms with Crippen LogP contribution in [0.1, 0.15) is 69.0 Å². The number of aliphatic hydroxyl groups is 1. The van der Waals surface area contributed by atoms with Crippen molar-refractivity contribution in [3.8, 4) is 0 Å². The monoisotopic (exact) mass is 304 g/mol. The summed E-state index contributed by atoms with van der Waals surface area (Å²) in [6.07, 6.45) is 11.0. The van der Waals surface area contributed by atoms with Gasteiger partial charge in [-0.25, -0.2) is 0 Å².